The Balaban J connectivity index is 2.33. The number of esters is 1. The van der Waals surface area contributed by atoms with Crippen LogP contribution in [0.4, 0.5) is 5.00 Å². The minimum absolute atomic E-state index is 0.0406. The van der Waals surface area contributed by atoms with E-state index in [1.165, 1.54) is 12.0 Å². The van der Waals surface area contributed by atoms with Gasteiger partial charge in [-0.3, -0.25) is 4.79 Å². The molecule has 0 aliphatic heterocycles. The van der Waals surface area contributed by atoms with E-state index in [1.807, 2.05) is 13.8 Å². The van der Waals surface area contributed by atoms with Crippen molar-refractivity contribution in [2.24, 2.45) is 17.3 Å². The molecule has 5 heteroatoms. The van der Waals surface area contributed by atoms with E-state index >= 15 is 0 Å². The highest BCUT2D eigenvalue weighted by molar-refractivity contribution is 7.17. The van der Waals surface area contributed by atoms with Gasteiger partial charge in [-0.25, -0.2) is 4.79 Å². The maximum Gasteiger partial charge on any atom is 0.341 e. The molecule has 0 spiro atoms. The Kier molecular flexibility index (Phi) is 5.74. The van der Waals surface area contributed by atoms with E-state index < -0.39 is 0 Å². The standard InChI is InChI=1S/C19H29NO3S/c1-11(2)9-15(21)20-17-16(18(22)23-6)13-8-7-12(19(3,4)5)10-14(13)24-17/h11-12H,7-10H2,1-6H3,(H,20,21). The number of carbonyl (C=O) groups excluding carboxylic acids is 2. The van der Waals surface area contributed by atoms with Gasteiger partial charge >= 0.3 is 5.97 Å². The van der Waals surface area contributed by atoms with Crippen LogP contribution in [0, 0.1) is 17.3 Å². The van der Waals surface area contributed by atoms with Crippen molar-refractivity contribution in [2.75, 3.05) is 12.4 Å². The Morgan fingerprint density at radius 1 is 1.33 bits per heavy atom. The number of carbonyl (C=O) groups is 2. The second kappa shape index (κ2) is 7.26. The van der Waals surface area contributed by atoms with E-state index in [0.29, 0.717) is 22.9 Å². The molecule has 134 valence electrons. The summed E-state index contributed by atoms with van der Waals surface area (Å²) in [5, 5.41) is 3.61. The van der Waals surface area contributed by atoms with Gasteiger partial charge < -0.3 is 10.1 Å². The highest BCUT2D eigenvalue weighted by atomic mass is 32.1. The molecule has 1 aliphatic carbocycles. The molecule has 1 N–H and O–H groups in total. The van der Waals surface area contributed by atoms with E-state index in [2.05, 4.69) is 26.1 Å². The number of methoxy groups -OCH3 is 1. The van der Waals surface area contributed by atoms with E-state index in [4.69, 9.17) is 4.74 Å². The molecule has 1 unspecified atom stereocenters. The van der Waals surface area contributed by atoms with Gasteiger partial charge in [-0.15, -0.1) is 11.3 Å². The first-order valence-electron chi connectivity index (χ1n) is 8.66. The number of fused-ring (bicyclic) bond motifs is 1. The summed E-state index contributed by atoms with van der Waals surface area (Å²) in [6.45, 7) is 10.8. The van der Waals surface area contributed by atoms with Gasteiger partial charge in [0.1, 0.15) is 5.00 Å². The molecule has 0 aromatic carbocycles. The van der Waals surface area contributed by atoms with Crippen molar-refractivity contribution in [1.29, 1.82) is 0 Å². The molecule has 0 saturated heterocycles. The van der Waals surface area contributed by atoms with Crippen LogP contribution in [-0.4, -0.2) is 19.0 Å². The molecule has 1 heterocycles. The van der Waals surface area contributed by atoms with Gasteiger partial charge in [0, 0.05) is 11.3 Å². The summed E-state index contributed by atoms with van der Waals surface area (Å²) in [5.41, 5.74) is 1.89. The SMILES string of the molecule is COC(=O)c1c(NC(=O)CC(C)C)sc2c1CCC(C(C)(C)C)C2. The zero-order valence-corrected chi connectivity index (χ0v) is 16.4. The van der Waals surface area contributed by atoms with Crippen molar-refractivity contribution in [3.8, 4) is 0 Å². The van der Waals surface area contributed by atoms with Gasteiger partial charge in [-0.05, 0) is 42.1 Å². The van der Waals surface area contributed by atoms with Crippen LogP contribution < -0.4 is 5.32 Å². The van der Waals surface area contributed by atoms with Crippen LogP contribution in [0.1, 0.15) is 68.3 Å². The molecule has 2 rings (SSSR count). The average Bonchev–Trinajstić information content (AvgIpc) is 2.81. The van der Waals surface area contributed by atoms with Crippen LogP contribution in [-0.2, 0) is 22.4 Å². The van der Waals surface area contributed by atoms with Crippen LogP contribution in [0.5, 0.6) is 0 Å². The molecular formula is C19H29NO3S. The first-order valence-corrected chi connectivity index (χ1v) is 9.47. The van der Waals surface area contributed by atoms with Crippen LogP contribution in [0.3, 0.4) is 0 Å². The van der Waals surface area contributed by atoms with Crippen molar-refractivity contribution in [2.45, 2.75) is 60.3 Å². The van der Waals surface area contributed by atoms with E-state index in [-0.39, 0.29) is 23.2 Å². The zero-order chi connectivity index (χ0) is 18.1. The largest absolute Gasteiger partial charge is 0.465 e. The Morgan fingerprint density at radius 2 is 2.00 bits per heavy atom. The lowest BCUT2D eigenvalue weighted by Crippen LogP contribution is -2.26. The second-order valence-electron chi connectivity index (χ2n) is 8.15. The monoisotopic (exact) mass is 351 g/mol. The summed E-state index contributed by atoms with van der Waals surface area (Å²) in [4.78, 5) is 25.7. The Hall–Kier alpha value is -1.36. The summed E-state index contributed by atoms with van der Waals surface area (Å²) in [7, 11) is 1.40. The Bertz CT molecular complexity index is 625. The fourth-order valence-corrected chi connectivity index (χ4v) is 4.61. The third-order valence-electron chi connectivity index (χ3n) is 4.73. The average molecular weight is 352 g/mol. The first-order chi connectivity index (χ1) is 11.1. The van der Waals surface area contributed by atoms with Crippen molar-refractivity contribution in [3.05, 3.63) is 16.0 Å². The first kappa shape index (κ1) is 19.0. The quantitative estimate of drug-likeness (QED) is 0.802. The normalized spacial score (nSPS) is 17.5. The van der Waals surface area contributed by atoms with Crippen molar-refractivity contribution >= 4 is 28.2 Å². The molecule has 1 aromatic rings. The summed E-state index contributed by atoms with van der Waals surface area (Å²) >= 11 is 1.55. The van der Waals surface area contributed by atoms with Gasteiger partial charge in [0.05, 0.1) is 12.7 Å². The maximum atomic E-state index is 12.3. The van der Waals surface area contributed by atoms with Gasteiger partial charge in [-0.2, -0.15) is 0 Å². The number of rotatable bonds is 4. The van der Waals surface area contributed by atoms with Gasteiger partial charge in [0.25, 0.3) is 0 Å². The Morgan fingerprint density at radius 3 is 2.54 bits per heavy atom. The summed E-state index contributed by atoms with van der Waals surface area (Å²) in [6, 6.07) is 0. The van der Waals surface area contributed by atoms with Crippen LogP contribution in [0.25, 0.3) is 0 Å². The third-order valence-corrected chi connectivity index (χ3v) is 5.90. The van der Waals surface area contributed by atoms with Gasteiger partial charge in [0.2, 0.25) is 5.91 Å². The molecule has 1 amide bonds. The summed E-state index contributed by atoms with van der Waals surface area (Å²) < 4.78 is 4.97. The highest BCUT2D eigenvalue weighted by Gasteiger charge is 2.34. The second-order valence-corrected chi connectivity index (χ2v) is 9.26. The van der Waals surface area contributed by atoms with Crippen LogP contribution >= 0.6 is 11.3 Å². The van der Waals surface area contributed by atoms with E-state index in [1.54, 1.807) is 11.3 Å². The molecular weight excluding hydrogens is 322 g/mol. The Labute approximate surface area is 149 Å². The molecule has 24 heavy (non-hydrogen) atoms. The lowest BCUT2D eigenvalue weighted by Gasteiger charge is -2.33. The van der Waals surface area contributed by atoms with E-state index in [9.17, 15) is 9.59 Å². The third kappa shape index (κ3) is 4.18. The fourth-order valence-electron chi connectivity index (χ4n) is 3.28. The zero-order valence-electron chi connectivity index (χ0n) is 15.6. The minimum atomic E-state index is -0.346. The lowest BCUT2D eigenvalue weighted by molar-refractivity contribution is -0.116. The number of hydrogen-bond acceptors (Lipinski definition) is 4. The number of anilines is 1. The molecule has 1 atom stereocenters. The van der Waals surface area contributed by atoms with Gasteiger partial charge in [-0.1, -0.05) is 34.6 Å². The van der Waals surface area contributed by atoms with Crippen molar-refractivity contribution in [3.63, 3.8) is 0 Å². The molecule has 0 radical (unpaired) electrons. The summed E-state index contributed by atoms with van der Waals surface area (Å²) in [6.07, 6.45) is 3.36. The maximum absolute atomic E-state index is 12.3. The smallest absolute Gasteiger partial charge is 0.341 e. The number of thiophene rings is 1. The topological polar surface area (TPSA) is 55.4 Å². The van der Waals surface area contributed by atoms with Crippen LogP contribution in [0.15, 0.2) is 0 Å². The van der Waals surface area contributed by atoms with Crippen molar-refractivity contribution < 1.29 is 14.3 Å². The number of hydrogen-bond donors (Lipinski definition) is 1. The molecule has 0 saturated carbocycles. The number of amides is 1. The molecule has 0 bridgehead atoms. The molecule has 0 fully saturated rings. The molecule has 1 aromatic heterocycles. The fraction of sp³-hybridized carbons (Fsp3) is 0.684. The highest BCUT2D eigenvalue weighted by Crippen LogP contribution is 2.44. The predicted molar refractivity (Wildman–Crippen MR) is 98.7 cm³/mol. The van der Waals surface area contributed by atoms with Gasteiger partial charge in [0.15, 0.2) is 0 Å². The summed E-state index contributed by atoms with van der Waals surface area (Å²) in [5.74, 6) is 0.488. The number of nitrogens with one attached hydrogen (secondary N) is 1. The number of ether oxygens (including phenoxy) is 1. The van der Waals surface area contributed by atoms with E-state index in [0.717, 1.165) is 24.8 Å². The lowest BCUT2D eigenvalue weighted by atomic mass is 9.72. The van der Waals surface area contributed by atoms with Crippen molar-refractivity contribution in [1.82, 2.24) is 0 Å². The van der Waals surface area contributed by atoms with Crippen LogP contribution in [0.2, 0.25) is 0 Å². The molecule has 4 nitrogen and oxygen atoms in total. The minimum Gasteiger partial charge on any atom is -0.465 e. The predicted octanol–water partition coefficient (Wildman–Crippen LogP) is 4.67. The molecule has 1 aliphatic rings.